The van der Waals surface area contributed by atoms with Crippen molar-refractivity contribution in [2.24, 2.45) is 5.92 Å². The normalized spacial score (nSPS) is 12.8. The van der Waals surface area contributed by atoms with Gasteiger partial charge in [0, 0.05) is 0 Å². The van der Waals surface area contributed by atoms with Crippen molar-refractivity contribution in [1.29, 1.82) is 0 Å². The second kappa shape index (κ2) is 9.05. The van der Waals surface area contributed by atoms with Crippen LogP contribution in [0.4, 0.5) is 0 Å². The first kappa shape index (κ1) is 21.0. The second-order valence-corrected chi connectivity index (χ2v) is 8.44. The molecule has 1 aromatic heterocycles. The Morgan fingerprint density at radius 3 is 2.59 bits per heavy atom. The van der Waals surface area contributed by atoms with Crippen LogP contribution in [0.5, 0.6) is 5.75 Å². The highest BCUT2D eigenvalue weighted by molar-refractivity contribution is 7.89. The molecule has 0 bridgehead atoms. The van der Waals surface area contributed by atoms with E-state index < -0.39 is 22.0 Å². The molecule has 0 saturated carbocycles. The van der Waals surface area contributed by atoms with Gasteiger partial charge in [-0.25, -0.2) is 8.42 Å². The number of carbonyl (C=O) groups excluding carboxylic acids is 1. The minimum atomic E-state index is -3.95. The van der Waals surface area contributed by atoms with Crippen LogP contribution < -0.4 is 14.8 Å². The molecule has 0 saturated heterocycles. The van der Waals surface area contributed by atoms with Gasteiger partial charge in [-0.1, -0.05) is 19.9 Å². The van der Waals surface area contributed by atoms with Crippen molar-refractivity contribution in [2.75, 3.05) is 7.11 Å². The number of amides is 1. The van der Waals surface area contributed by atoms with Crippen molar-refractivity contribution >= 4 is 15.9 Å². The molecule has 0 unspecified atom stereocenters. The molecular weight excluding hydrogens is 368 g/mol. The lowest BCUT2D eigenvalue weighted by Gasteiger charge is -2.21. The number of furan rings is 1. The fourth-order valence-electron chi connectivity index (χ4n) is 2.64. The summed E-state index contributed by atoms with van der Waals surface area (Å²) in [6, 6.07) is 7.43. The molecule has 0 radical (unpaired) electrons. The van der Waals surface area contributed by atoms with E-state index in [2.05, 4.69) is 10.0 Å². The number of aryl methyl sites for hydroxylation is 1. The molecule has 148 valence electrons. The van der Waals surface area contributed by atoms with Crippen LogP contribution in [0.15, 0.2) is 45.9 Å². The summed E-state index contributed by atoms with van der Waals surface area (Å²) in [7, 11) is -2.54. The molecule has 0 fully saturated rings. The van der Waals surface area contributed by atoms with Crippen molar-refractivity contribution in [1.82, 2.24) is 10.0 Å². The predicted octanol–water partition coefficient (Wildman–Crippen LogP) is 2.61. The lowest BCUT2D eigenvalue weighted by Crippen LogP contribution is -2.47. The van der Waals surface area contributed by atoms with Crippen LogP contribution in [0.1, 0.15) is 31.6 Å². The van der Waals surface area contributed by atoms with Gasteiger partial charge in [0.25, 0.3) is 0 Å². The van der Waals surface area contributed by atoms with Crippen LogP contribution >= 0.6 is 0 Å². The van der Waals surface area contributed by atoms with Crippen LogP contribution in [0.3, 0.4) is 0 Å². The molecule has 1 heterocycles. The molecule has 0 aliphatic carbocycles. The monoisotopic (exact) mass is 394 g/mol. The Kier molecular flexibility index (Phi) is 7.04. The average molecular weight is 394 g/mol. The van der Waals surface area contributed by atoms with E-state index in [-0.39, 0.29) is 23.1 Å². The van der Waals surface area contributed by atoms with Gasteiger partial charge < -0.3 is 14.5 Å². The zero-order chi connectivity index (χ0) is 20.0. The first-order valence-corrected chi connectivity index (χ1v) is 10.2. The summed E-state index contributed by atoms with van der Waals surface area (Å²) in [5.41, 5.74) is 0.777. The summed E-state index contributed by atoms with van der Waals surface area (Å²) in [5.74, 6) is 0.531. The molecule has 0 spiro atoms. The number of benzene rings is 1. The number of methoxy groups -OCH3 is 1. The topological polar surface area (TPSA) is 97.6 Å². The number of ether oxygens (including phenoxy) is 1. The van der Waals surface area contributed by atoms with E-state index in [0.717, 1.165) is 5.56 Å². The number of hydrogen-bond donors (Lipinski definition) is 2. The van der Waals surface area contributed by atoms with E-state index in [0.29, 0.717) is 12.2 Å². The Morgan fingerprint density at radius 1 is 1.26 bits per heavy atom. The summed E-state index contributed by atoms with van der Waals surface area (Å²) >= 11 is 0. The van der Waals surface area contributed by atoms with Crippen molar-refractivity contribution in [3.05, 3.63) is 47.9 Å². The van der Waals surface area contributed by atoms with Crippen LogP contribution in [0.2, 0.25) is 0 Å². The lowest BCUT2D eigenvalue weighted by atomic mass is 10.0. The Labute approximate surface area is 160 Å². The van der Waals surface area contributed by atoms with E-state index in [1.54, 1.807) is 31.2 Å². The van der Waals surface area contributed by atoms with Crippen LogP contribution in [0.25, 0.3) is 0 Å². The van der Waals surface area contributed by atoms with Crippen LogP contribution in [0, 0.1) is 12.8 Å². The Morgan fingerprint density at radius 2 is 2.00 bits per heavy atom. The van der Waals surface area contributed by atoms with Gasteiger partial charge in [-0.2, -0.15) is 4.72 Å². The van der Waals surface area contributed by atoms with Gasteiger partial charge in [0.2, 0.25) is 15.9 Å². The molecule has 2 aromatic rings. The summed E-state index contributed by atoms with van der Waals surface area (Å²) < 4.78 is 38.7. The Hall–Kier alpha value is -2.32. The maximum Gasteiger partial charge on any atom is 0.244 e. The summed E-state index contributed by atoms with van der Waals surface area (Å²) in [4.78, 5) is 12.6. The quantitative estimate of drug-likeness (QED) is 0.681. The number of rotatable bonds is 9. The van der Waals surface area contributed by atoms with Crippen molar-refractivity contribution < 1.29 is 22.4 Å². The molecule has 0 aliphatic rings. The zero-order valence-corrected chi connectivity index (χ0v) is 16.8. The molecule has 27 heavy (non-hydrogen) atoms. The van der Waals surface area contributed by atoms with Crippen molar-refractivity contribution in [3.63, 3.8) is 0 Å². The number of carbonyl (C=O) groups is 1. The van der Waals surface area contributed by atoms with Crippen LogP contribution in [-0.2, 0) is 21.4 Å². The first-order chi connectivity index (χ1) is 12.7. The van der Waals surface area contributed by atoms with Gasteiger partial charge >= 0.3 is 0 Å². The fraction of sp³-hybridized carbons (Fsp3) is 0.421. The molecule has 2 rings (SSSR count). The number of sulfonamides is 1. The highest BCUT2D eigenvalue weighted by Gasteiger charge is 2.28. The van der Waals surface area contributed by atoms with Gasteiger partial charge in [0.05, 0.1) is 19.9 Å². The van der Waals surface area contributed by atoms with Crippen molar-refractivity contribution in [2.45, 2.75) is 44.7 Å². The molecule has 1 amide bonds. The standard InChI is InChI=1S/C19H26N2O5S/c1-13(2)10-16(19(22)20-12-15-6-5-9-26-15)21-27(23,24)18-11-14(3)7-8-17(18)25-4/h5-9,11,13,16,21H,10,12H2,1-4H3,(H,20,22)/t16-/m0/s1. The van der Waals surface area contributed by atoms with E-state index >= 15 is 0 Å². The minimum Gasteiger partial charge on any atom is -0.495 e. The van der Waals surface area contributed by atoms with E-state index in [1.807, 2.05) is 13.8 Å². The van der Waals surface area contributed by atoms with Crippen LogP contribution in [-0.4, -0.2) is 27.5 Å². The molecular formula is C19H26N2O5S. The highest BCUT2D eigenvalue weighted by atomic mass is 32.2. The maximum atomic E-state index is 12.9. The first-order valence-electron chi connectivity index (χ1n) is 8.70. The van der Waals surface area contributed by atoms with Gasteiger partial charge in [-0.3, -0.25) is 4.79 Å². The molecule has 0 aliphatic heterocycles. The van der Waals surface area contributed by atoms with Gasteiger partial charge in [-0.15, -0.1) is 0 Å². The second-order valence-electron chi connectivity index (χ2n) is 6.75. The smallest absolute Gasteiger partial charge is 0.244 e. The lowest BCUT2D eigenvalue weighted by molar-refractivity contribution is -0.123. The molecule has 1 aromatic carbocycles. The SMILES string of the molecule is COc1ccc(C)cc1S(=O)(=O)N[C@@H](CC(C)C)C(=O)NCc1ccco1. The maximum absolute atomic E-state index is 12.9. The number of nitrogens with one attached hydrogen (secondary N) is 2. The van der Waals surface area contributed by atoms with E-state index in [1.165, 1.54) is 19.4 Å². The van der Waals surface area contributed by atoms with Gasteiger partial charge in [0.1, 0.15) is 22.4 Å². The third kappa shape index (κ3) is 5.83. The van der Waals surface area contributed by atoms with E-state index in [9.17, 15) is 13.2 Å². The predicted molar refractivity (Wildman–Crippen MR) is 102 cm³/mol. The summed E-state index contributed by atoms with van der Waals surface area (Å²) in [6.45, 7) is 5.83. The largest absolute Gasteiger partial charge is 0.495 e. The Bertz CT molecular complexity index is 860. The summed E-state index contributed by atoms with van der Waals surface area (Å²) in [5, 5.41) is 2.71. The average Bonchev–Trinajstić information content (AvgIpc) is 3.12. The zero-order valence-electron chi connectivity index (χ0n) is 16.0. The minimum absolute atomic E-state index is 0.0117. The van der Waals surface area contributed by atoms with Gasteiger partial charge in [0.15, 0.2) is 0 Å². The third-order valence-electron chi connectivity index (χ3n) is 3.95. The number of hydrogen-bond acceptors (Lipinski definition) is 5. The fourth-order valence-corrected chi connectivity index (χ4v) is 4.10. The molecule has 2 N–H and O–H groups in total. The Balaban J connectivity index is 2.21. The summed E-state index contributed by atoms with van der Waals surface area (Å²) in [6.07, 6.45) is 1.87. The highest BCUT2D eigenvalue weighted by Crippen LogP contribution is 2.25. The van der Waals surface area contributed by atoms with Crippen molar-refractivity contribution in [3.8, 4) is 5.75 Å². The molecule has 7 nitrogen and oxygen atoms in total. The van der Waals surface area contributed by atoms with E-state index in [4.69, 9.17) is 9.15 Å². The molecule has 8 heteroatoms. The van der Waals surface area contributed by atoms with Gasteiger partial charge in [-0.05, 0) is 49.1 Å². The molecule has 1 atom stereocenters. The third-order valence-corrected chi connectivity index (χ3v) is 5.44.